The molecule has 1 rings (SSSR count). The predicted molar refractivity (Wildman–Crippen MR) is 79.7 cm³/mol. The molecule has 1 amide bonds. The Kier molecular flexibility index (Phi) is 6.91. The number of nitrogens with zero attached hydrogens (tertiary/aromatic N) is 3. The van der Waals surface area contributed by atoms with Crippen LogP contribution in [-0.4, -0.2) is 44.5 Å². The number of aromatic nitrogens is 2. The van der Waals surface area contributed by atoms with E-state index >= 15 is 0 Å². The number of rotatable bonds is 9. The van der Waals surface area contributed by atoms with Gasteiger partial charge in [-0.3, -0.25) is 9.59 Å². The number of carboxylic acid groups (broad SMARTS) is 1. The highest BCUT2D eigenvalue weighted by atomic mass is 16.4. The molecule has 1 aromatic rings. The van der Waals surface area contributed by atoms with Crippen LogP contribution in [0.2, 0.25) is 0 Å². The van der Waals surface area contributed by atoms with Gasteiger partial charge < -0.3 is 14.6 Å². The van der Waals surface area contributed by atoms with Crippen LogP contribution in [0.25, 0.3) is 0 Å². The van der Waals surface area contributed by atoms with Gasteiger partial charge in [-0.15, -0.1) is 0 Å². The quantitative estimate of drug-likeness (QED) is 0.754. The zero-order chi connectivity index (χ0) is 15.8. The molecular formula is C15H25N3O3. The minimum atomic E-state index is -0.869. The van der Waals surface area contributed by atoms with Gasteiger partial charge in [-0.25, -0.2) is 4.98 Å². The molecule has 0 saturated heterocycles. The van der Waals surface area contributed by atoms with Crippen molar-refractivity contribution in [1.29, 1.82) is 0 Å². The molecule has 0 aliphatic carbocycles. The highest BCUT2D eigenvalue weighted by Gasteiger charge is 2.20. The molecule has 1 aromatic heterocycles. The van der Waals surface area contributed by atoms with Gasteiger partial charge in [-0.1, -0.05) is 20.8 Å². The summed E-state index contributed by atoms with van der Waals surface area (Å²) >= 11 is 0. The van der Waals surface area contributed by atoms with E-state index in [1.807, 2.05) is 24.6 Å². The van der Waals surface area contributed by atoms with Crippen LogP contribution in [0.4, 0.5) is 0 Å². The van der Waals surface area contributed by atoms with Crippen molar-refractivity contribution in [2.75, 3.05) is 13.1 Å². The lowest BCUT2D eigenvalue weighted by molar-refractivity contribution is -0.143. The Hall–Kier alpha value is -1.85. The van der Waals surface area contributed by atoms with Crippen LogP contribution in [0.5, 0.6) is 0 Å². The molecule has 1 heterocycles. The van der Waals surface area contributed by atoms with Crippen molar-refractivity contribution < 1.29 is 14.7 Å². The summed E-state index contributed by atoms with van der Waals surface area (Å²) in [5.41, 5.74) is 0. The molecule has 1 unspecified atom stereocenters. The maximum atomic E-state index is 12.2. The van der Waals surface area contributed by atoms with Crippen LogP contribution < -0.4 is 0 Å². The third-order valence-electron chi connectivity index (χ3n) is 3.25. The van der Waals surface area contributed by atoms with E-state index in [0.29, 0.717) is 13.0 Å². The molecular weight excluding hydrogens is 270 g/mol. The highest BCUT2D eigenvalue weighted by Crippen LogP contribution is 2.09. The monoisotopic (exact) mass is 295 g/mol. The smallest absolute Gasteiger partial charge is 0.308 e. The Morgan fingerprint density at radius 2 is 2.05 bits per heavy atom. The minimum Gasteiger partial charge on any atom is -0.481 e. The molecule has 0 radical (unpaired) electrons. The van der Waals surface area contributed by atoms with Gasteiger partial charge in [-0.2, -0.15) is 0 Å². The third-order valence-corrected chi connectivity index (χ3v) is 3.25. The SMILES string of the molecule is CC(C)CC(=O)N(CCCn1ccnc1)CC(C)C(=O)O. The summed E-state index contributed by atoms with van der Waals surface area (Å²) in [5.74, 6) is -1.11. The number of aliphatic carboxylic acids is 1. The summed E-state index contributed by atoms with van der Waals surface area (Å²) in [5, 5.41) is 9.02. The molecule has 0 aliphatic rings. The molecule has 6 heteroatoms. The fourth-order valence-electron chi connectivity index (χ4n) is 2.07. The molecule has 6 nitrogen and oxygen atoms in total. The largest absolute Gasteiger partial charge is 0.481 e. The second-order valence-electron chi connectivity index (χ2n) is 5.83. The van der Waals surface area contributed by atoms with E-state index < -0.39 is 11.9 Å². The van der Waals surface area contributed by atoms with Crippen molar-refractivity contribution in [3.63, 3.8) is 0 Å². The number of hydrogen-bond donors (Lipinski definition) is 1. The summed E-state index contributed by atoms with van der Waals surface area (Å²) in [7, 11) is 0. The molecule has 0 aliphatic heterocycles. The average Bonchev–Trinajstić information content (AvgIpc) is 2.89. The summed E-state index contributed by atoms with van der Waals surface area (Å²) < 4.78 is 1.95. The predicted octanol–water partition coefficient (Wildman–Crippen LogP) is 1.87. The fraction of sp³-hybridized carbons (Fsp3) is 0.667. The Labute approximate surface area is 125 Å². The zero-order valence-corrected chi connectivity index (χ0v) is 13.0. The van der Waals surface area contributed by atoms with Crippen LogP contribution in [0.3, 0.4) is 0 Å². The first-order valence-electron chi connectivity index (χ1n) is 7.36. The first-order chi connectivity index (χ1) is 9.90. The first kappa shape index (κ1) is 17.2. The molecule has 1 atom stereocenters. The Morgan fingerprint density at radius 1 is 1.33 bits per heavy atom. The van der Waals surface area contributed by atoms with Crippen molar-refractivity contribution in [1.82, 2.24) is 14.5 Å². The van der Waals surface area contributed by atoms with Crippen LogP contribution >= 0.6 is 0 Å². The van der Waals surface area contributed by atoms with E-state index in [0.717, 1.165) is 13.0 Å². The summed E-state index contributed by atoms with van der Waals surface area (Å²) in [6.07, 6.45) is 6.57. The lowest BCUT2D eigenvalue weighted by Crippen LogP contribution is -2.38. The first-order valence-corrected chi connectivity index (χ1v) is 7.36. The van der Waals surface area contributed by atoms with Crippen LogP contribution in [0.1, 0.15) is 33.6 Å². The van der Waals surface area contributed by atoms with Crippen molar-refractivity contribution >= 4 is 11.9 Å². The summed E-state index contributed by atoms with van der Waals surface area (Å²) in [6, 6.07) is 0. The van der Waals surface area contributed by atoms with E-state index in [1.165, 1.54) is 0 Å². The number of carbonyl (C=O) groups is 2. The molecule has 21 heavy (non-hydrogen) atoms. The number of carboxylic acids is 1. The van der Waals surface area contributed by atoms with E-state index in [-0.39, 0.29) is 18.4 Å². The lowest BCUT2D eigenvalue weighted by atomic mass is 10.1. The Morgan fingerprint density at radius 3 is 2.57 bits per heavy atom. The topological polar surface area (TPSA) is 75.4 Å². The molecule has 0 spiro atoms. The van der Waals surface area contributed by atoms with E-state index in [9.17, 15) is 9.59 Å². The molecule has 0 fully saturated rings. The van der Waals surface area contributed by atoms with Gasteiger partial charge >= 0.3 is 5.97 Å². The second kappa shape index (κ2) is 8.44. The van der Waals surface area contributed by atoms with Gasteiger partial charge in [0.2, 0.25) is 5.91 Å². The lowest BCUT2D eigenvalue weighted by Gasteiger charge is -2.25. The number of imidazole rings is 1. The van der Waals surface area contributed by atoms with Crippen LogP contribution in [0.15, 0.2) is 18.7 Å². The second-order valence-corrected chi connectivity index (χ2v) is 5.83. The van der Waals surface area contributed by atoms with Gasteiger partial charge in [0.05, 0.1) is 12.2 Å². The van der Waals surface area contributed by atoms with Crippen LogP contribution in [0, 0.1) is 11.8 Å². The van der Waals surface area contributed by atoms with Gasteiger partial charge in [0, 0.05) is 38.4 Å². The summed E-state index contributed by atoms with van der Waals surface area (Å²) in [4.78, 5) is 28.9. The minimum absolute atomic E-state index is 0.0312. The maximum Gasteiger partial charge on any atom is 0.308 e. The molecule has 118 valence electrons. The van der Waals surface area contributed by atoms with Gasteiger partial charge in [0.1, 0.15) is 0 Å². The Bertz CT molecular complexity index is 443. The molecule has 0 aromatic carbocycles. The van der Waals surface area contributed by atoms with Crippen LogP contribution in [-0.2, 0) is 16.1 Å². The molecule has 0 bridgehead atoms. The normalized spacial score (nSPS) is 12.4. The molecule has 0 saturated carbocycles. The van der Waals surface area contributed by atoms with Crippen molar-refractivity contribution in [3.05, 3.63) is 18.7 Å². The maximum absolute atomic E-state index is 12.2. The number of carbonyl (C=O) groups excluding carboxylic acids is 1. The standard InChI is InChI=1S/C15H25N3O3/c1-12(2)9-14(19)18(10-13(3)15(20)21)7-4-6-17-8-5-16-11-17/h5,8,11-13H,4,6-7,9-10H2,1-3H3,(H,20,21). The van der Waals surface area contributed by atoms with E-state index in [2.05, 4.69) is 4.98 Å². The van der Waals surface area contributed by atoms with E-state index in [1.54, 1.807) is 24.3 Å². The van der Waals surface area contributed by atoms with Crippen molar-refractivity contribution in [2.24, 2.45) is 11.8 Å². The number of hydrogen-bond acceptors (Lipinski definition) is 3. The fourth-order valence-corrected chi connectivity index (χ4v) is 2.07. The van der Waals surface area contributed by atoms with Gasteiger partial charge in [0.25, 0.3) is 0 Å². The van der Waals surface area contributed by atoms with E-state index in [4.69, 9.17) is 5.11 Å². The third kappa shape index (κ3) is 6.42. The molecule has 1 N–H and O–H groups in total. The van der Waals surface area contributed by atoms with Crippen molar-refractivity contribution in [3.8, 4) is 0 Å². The highest BCUT2D eigenvalue weighted by molar-refractivity contribution is 5.77. The Balaban J connectivity index is 2.53. The van der Waals surface area contributed by atoms with Crippen molar-refractivity contribution in [2.45, 2.75) is 40.2 Å². The van der Waals surface area contributed by atoms with Gasteiger partial charge in [0.15, 0.2) is 0 Å². The summed E-state index contributed by atoms with van der Waals surface area (Å²) in [6.45, 7) is 7.22. The average molecular weight is 295 g/mol. The number of aryl methyl sites for hydroxylation is 1. The number of amides is 1. The van der Waals surface area contributed by atoms with Gasteiger partial charge in [-0.05, 0) is 12.3 Å². The zero-order valence-electron chi connectivity index (χ0n) is 13.0.